The van der Waals surface area contributed by atoms with Gasteiger partial charge in [-0.1, -0.05) is 13.8 Å². The number of carboxylic acid groups (broad SMARTS) is 1. The number of nitrogens with zero attached hydrogens (tertiary/aromatic N) is 1. The summed E-state index contributed by atoms with van der Waals surface area (Å²) in [5, 5.41) is 10.8. The van der Waals surface area contributed by atoms with Gasteiger partial charge in [-0.25, -0.2) is 4.79 Å². The average Bonchev–Trinajstić information content (AvgIpc) is 2.22. The van der Waals surface area contributed by atoms with Crippen LogP contribution in [-0.4, -0.2) is 47.5 Å². The highest BCUT2D eigenvalue weighted by molar-refractivity contribution is 6.27. The molecule has 5 nitrogen and oxygen atoms in total. The molecule has 0 aromatic heterocycles. The molecule has 2 N–H and O–H groups in total. The minimum absolute atomic E-state index is 0.0454. The molecule has 0 saturated carbocycles. The second-order valence-corrected chi connectivity index (χ2v) is 4.63. The van der Waals surface area contributed by atoms with Crippen molar-refractivity contribution in [1.82, 2.24) is 10.2 Å². The lowest BCUT2D eigenvalue weighted by atomic mass is 9.92. The maximum atomic E-state index is 11.4. The Bertz CT molecular complexity index is 256. The van der Waals surface area contributed by atoms with Gasteiger partial charge < -0.3 is 15.3 Å². The third kappa shape index (κ3) is 5.80. The average molecular weight is 251 g/mol. The van der Waals surface area contributed by atoms with Gasteiger partial charge in [0.1, 0.15) is 5.88 Å². The Morgan fingerprint density at radius 2 is 2.00 bits per heavy atom. The zero-order chi connectivity index (χ0) is 12.8. The molecule has 0 atom stereocenters. The van der Waals surface area contributed by atoms with Crippen molar-refractivity contribution in [3.63, 3.8) is 0 Å². The van der Waals surface area contributed by atoms with Crippen LogP contribution < -0.4 is 5.32 Å². The van der Waals surface area contributed by atoms with Crippen molar-refractivity contribution < 1.29 is 14.7 Å². The Kier molecular flexibility index (Phi) is 6.18. The fraction of sp³-hybridized carbons (Fsp3) is 0.800. The number of rotatable bonds is 6. The predicted octanol–water partition coefficient (Wildman–Crippen LogP) is 1.37. The second kappa shape index (κ2) is 6.58. The van der Waals surface area contributed by atoms with Crippen LogP contribution in [-0.2, 0) is 4.79 Å². The second-order valence-electron chi connectivity index (χ2n) is 4.36. The van der Waals surface area contributed by atoms with E-state index in [1.807, 2.05) is 20.8 Å². The molecular weight excluding hydrogens is 232 g/mol. The normalized spacial score (nSPS) is 11.0. The summed E-state index contributed by atoms with van der Waals surface area (Å²) in [7, 11) is 0. The lowest BCUT2D eigenvalue weighted by molar-refractivity contribution is -0.129. The van der Waals surface area contributed by atoms with Gasteiger partial charge in [0.25, 0.3) is 0 Å². The Morgan fingerprint density at radius 1 is 1.44 bits per heavy atom. The summed E-state index contributed by atoms with van der Waals surface area (Å²) in [6.45, 7) is 7.01. The molecule has 0 rings (SSSR count). The summed E-state index contributed by atoms with van der Waals surface area (Å²) >= 11 is 5.48. The highest BCUT2D eigenvalue weighted by Gasteiger charge is 2.24. The van der Waals surface area contributed by atoms with Crippen LogP contribution in [0, 0.1) is 5.41 Å². The maximum absolute atomic E-state index is 11.4. The van der Waals surface area contributed by atoms with E-state index in [0.29, 0.717) is 19.6 Å². The number of alkyl halides is 1. The van der Waals surface area contributed by atoms with Gasteiger partial charge in [0.05, 0.1) is 0 Å². The number of carbonyl (C=O) groups is 2. The first-order valence-electron chi connectivity index (χ1n) is 5.13. The van der Waals surface area contributed by atoms with E-state index in [2.05, 4.69) is 5.32 Å². The minimum atomic E-state index is -1.06. The fourth-order valence-electron chi connectivity index (χ4n) is 1.35. The predicted molar refractivity (Wildman–Crippen MR) is 62.8 cm³/mol. The molecular formula is C10H19ClN2O3. The molecule has 0 unspecified atom stereocenters. The van der Waals surface area contributed by atoms with E-state index in [9.17, 15) is 9.59 Å². The molecule has 94 valence electrons. The van der Waals surface area contributed by atoms with Crippen molar-refractivity contribution >= 4 is 23.6 Å². The van der Waals surface area contributed by atoms with E-state index in [1.54, 1.807) is 4.90 Å². The zero-order valence-electron chi connectivity index (χ0n) is 9.92. The molecule has 16 heavy (non-hydrogen) atoms. The van der Waals surface area contributed by atoms with Gasteiger partial charge in [-0.15, -0.1) is 11.6 Å². The lowest BCUT2D eigenvalue weighted by Gasteiger charge is -2.31. The first-order valence-corrected chi connectivity index (χ1v) is 5.66. The Balaban J connectivity index is 4.30. The van der Waals surface area contributed by atoms with Crippen molar-refractivity contribution in [3.05, 3.63) is 0 Å². The maximum Gasteiger partial charge on any atom is 0.404 e. The number of hydrogen-bond acceptors (Lipinski definition) is 2. The van der Waals surface area contributed by atoms with Crippen LogP contribution >= 0.6 is 11.6 Å². The van der Waals surface area contributed by atoms with E-state index < -0.39 is 6.09 Å². The number of nitrogens with one attached hydrogen (secondary N) is 1. The van der Waals surface area contributed by atoms with Crippen LogP contribution in [0.2, 0.25) is 0 Å². The van der Waals surface area contributed by atoms with Crippen molar-refractivity contribution in [2.45, 2.75) is 20.8 Å². The third-order valence-electron chi connectivity index (χ3n) is 2.19. The number of amides is 2. The van der Waals surface area contributed by atoms with E-state index in [0.717, 1.165) is 0 Å². The fourth-order valence-corrected chi connectivity index (χ4v) is 1.52. The monoisotopic (exact) mass is 250 g/mol. The molecule has 0 aromatic carbocycles. The summed E-state index contributed by atoms with van der Waals surface area (Å²) in [6, 6.07) is 0. The topological polar surface area (TPSA) is 69.6 Å². The van der Waals surface area contributed by atoms with Crippen LogP contribution in [0.1, 0.15) is 20.8 Å². The van der Waals surface area contributed by atoms with Gasteiger partial charge >= 0.3 is 6.09 Å². The van der Waals surface area contributed by atoms with E-state index in [4.69, 9.17) is 16.7 Å². The van der Waals surface area contributed by atoms with Gasteiger partial charge in [-0.05, 0) is 12.3 Å². The molecule has 0 radical (unpaired) electrons. The number of carbonyl (C=O) groups excluding carboxylic acids is 1. The molecule has 0 aliphatic carbocycles. The van der Waals surface area contributed by atoms with Crippen LogP contribution in [0.25, 0.3) is 0 Å². The molecule has 0 heterocycles. The summed E-state index contributed by atoms with van der Waals surface area (Å²) in [5.74, 6) is -0.177. The Hall–Kier alpha value is -0.970. The summed E-state index contributed by atoms with van der Waals surface area (Å²) in [4.78, 5) is 23.4. The molecule has 2 amide bonds. The molecule has 6 heteroatoms. The largest absolute Gasteiger partial charge is 0.465 e. The van der Waals surface area contributed by atoms with Gasteiger partial charge in [0.2, 0.25) is 5.91 Å². The minimum Gasteiger partial charge on any atom is -0.465 e. The van der Waals surface area contributed by atoms with E-state index in [1.165, 1.54) is 0 Å². The smallest absolute Gasteiger partial charge is 0.404 e. The van der Waals surface area contributed by atoms with Crippen LogP contribution in [0.4, 0.5) is 4.79 Å². The molecule has 0 saturated heterocycles. The molecule has 0 aromatic rings. The standard InChI is InChI=1S/C10H19ClN2O3/c1-4-13(8(14)5-11)7-10(2,3)6-12-9(15)16/h12H,4-7H2,1-3H3,(H,15,16). The first kappa shape index (κ1) is 15.0. The first-order chi connectivity index (χ1) is 7.32. The van der Waals surface area contributed by atoms with Crippen molar-refractivity contribution in [3.8, 4) is 0 Å². The van der Waals surface area contributed by atoms with Gasteiger partial charge in [-0.3, -0.25) is 4.79 Å². The summed E-state index contributed by atoms with van der Waals surface area (Å²) in [5.41, 5.74) is -0.309. The number of halogens is 1. The molecule has 0 fully saturated rings. The highest BCUT2D eigenvalue weighted by atomic mass is 35.5. The van der Waals surface area contributed by atoms with E-state index >= 15 is 0 Å². The van der Waals surface area contributed by atoms with Crippen LogP contribution in [0.15, 0.2) is 0 Å². The van der Waals surface area contributed by atoms with E-state index in [-0.39, 0.29) is 17.2 Å². The Labute approximate surface area is 101 Å². The molecule has 0 aliphatic heterocycles. The third-order valence-corrected chi connectivity index (χ3v) is 2.41. The molecule has 0 bridgehead atoms. The number of hydrogen-bond donors (Lipinski definition) is 2. The summed E-state index contributed by atoms with van der Waals surface area (Å²) in [6.07, 6.45) is -1.06. The van der Waals surface area contributed by atoms with Gasteiger partial charge in [-0.2, -0.15) is 0 Å². The quantitative estimate of drug-likeness (QED) is 0.700. The zero-order valence-corrected chi connectivity index (χ0v) is 10.7. The van der Waals surface area contributed by atoms with Crippen molar-refractivity contribution in [2.75, 3.05) is 25.5 Å². The van der Waals surface area contributed by atoms with Crippen molar-refractivity contribution in [1.29, 1.82) is 0 Å². The van der Waals surface area contributed by atoms with Crippen LogP contribution in [0.5, 0.6) is 0 Å². The van der Waals surface area contributed by atoms with Gasteiger partial charge in [0.15, 0.2) is 0 Å². The highest BCUT2D eigenvalue weighted by Crippen LogP contribution is 2.16. The van der Waals surface area contributed by atoms with Crippen molar-refractivity contribution in [2.24, 2.45) is 5.41 Å². The molecule has 0 spiro atoms. The SMILES string of the molecule is CCN(CC(C)(C)CNC(=O)O)C(=O)CCl. The van der Waals surface area contributed by atoms with Gasteiger partial charge in [0, 0.05) is 19.6 Å². The summed E-state index contributed by atoms with van der Waals surface area (Å²) < 4.78 is 0. The lowest BCUT2D eigenvalue weighted by Crippen LogP contribution is -2.44. The van der Waals surface area contributed by atoms with Crippen LogP contribution in [0.3, 0.4) is 0 Å². The Morgan fingerprint density at radius 3 is 2.38 bits per heavy atom. The molecule has 0 aliphatic rings.